The lowest BCUT2D eigenvalue weighted by Gasteiger charge is -2.06. The van der Waals surface area contributed by atoms with Gasteiger partial charge >= 0.3 is 0 Å². The molecule has 0 atom stereocenters. The van der Waals surface area contributed by atoms with Gasteiger partial charge in [-0.25, -0.2) is 0 Å². The van der Waals surface area contributed by atoms with Crippen molar-refractivity contribution in [1.82, 2.24) is 0 Å². The van der Waals surface area contributed by atoms with Crippen molar-refractivity contribution in [2.24, 2.45) is 0 Å². The molecule has 0 aliphatic rings. The summed E-state index contributed by atoms with van der Waals surface area (Å²) < 4.78 is 5.45. The second-order valence-electron chi connectivity index (χ2n) is 2.67. The Bertz CT molecular complexity index is 250. The van der Waals surface area contributed by atoms with Crippen LogP contribution in [0.3, 0.4) is 0 Å². The normalized spacial score (nSPS) is 10.0. The lowest BCUT2D eigenvalue weighted by molar-refractivity contribution is 0.310. The maximum atomic E-state index is 5.89. The van der Waals surface area contributed by atoms with E-state index in [1.807, 2.05) is 24.3 Å². The van der Waals surface area contributed by atoms with E-state index in [0.717, 1.165) is 18.6 Å². The SMILES string of the molecule is ClCCCCOc1ccccc1Cl. The highest BCUT2D eigenvalue weighted by Crippen LogP contribution is 2.23. The Morgan fingerprint density at radius 3 is 2.62 bits per heavy atom. The number of benzene rings is 1. The summed E-state index contributed by atoms with van der Waals surface area (Å²) in [7, 11) is 0. The van der Waals surface area contributed by atoms with Crippen LogP contribution in [0.2, 0.25) is 5.02 Å². The van der Waals surface area contributed by atoms with E-state index < -0.39 is 0 Å². The van der Waals surface area contributed by atoms with Gasteiger partial charge in [-0.15, -0.1) is 11.6 Å². The Hall–Kier alpha value is -0.400. The first-order valence-electron chi connectivity index (χ1n) is 4.28. The third-order valence-corrected chi connectivity index (χ3v) is 2.20. The molecule has 1 aromatic carbocycles. The van der Waals surface area contributed by atoms with E-state index in [4.69, 9.17) is 27.9 Å². The number of rotatable bonds is 5. The second-order valence-corrected chi connectivity index (χ2v) is 3.46. The van der Waals surface area contributed by atoms with Gasteiger partial charge in [0, 0.05) is 5.88 Å². The maximum Gasteiger partial charge on any atom is 0.137 e. The third kappa shape index (κ3) is 3.88. The van der Waals surface area contributed by atoms with Crippen molar-refractivity contribution in [2.45, 2.75) is 12.8 Å². The monoisotopic (exact) mass is 218 g/mol. The average molecular weight is 219 g/mol. The summed E-state index contributed by atoms with van der Waals surface area (Å²) in [5, 5.41) is 0.661. The van der Waals surface area contributed by atoms with Crippen molar-refractivity contribution in [3.8, 4) is 5.75 Å². The number of alkyl halides is 1. The summed E-state index contributed by atoms with van der Waals surface area (Å²) in [6.07, 6.45) is 1.95. The average Bonchev–Trinajstić information content (AvgIpc) is 2.15. The van der Waals surface area contributed by atoms with E-state index in [0.29, 0.717) is 17.5 Å². The maximum absolute atomic E-state index is 5.89. The Morgan fingerprint density at radius 1 is 1.15 bits per heavy atom. The van der Waals surface area contributed by atoms with E-state index >= 15 is 0 Å². The Morgan fingerprint density at radius 2 is 1.92 bits per heavy atom. The molecule has 1 aromatic rings. The molecule has 0 aliphatic carbocycles. The summed E-state index contributed by atoms with van der Waals surface area (Å²) in [5.41, 5.74) is 0. The second kappa shape index (κ2) is 6.11. The van der Waals surface area contributed by atoms with Crippen LogP contribution in [0.15, 0.2) is 24.3 Å². The van der Waals surface area contributed by atoms with Crippen LogP contribution in [-0.4, -0.2) is 12.5 Å². The van der Waals surface area contributed by atoms with Crippen molar-refractivity contribution in [2.75, 3.05) is 12.5 Å². The fraction of sp³-hybridized carbons (Fsp3) is 0.400. The number of ether oxygens (including phenoxy) is 1. The number of para-hydroxylation sites is 1. The van der Waals surface area contributed by atoms with Gasteiger partial charge in [0.1, 0.15) is 5.75 Å². The molecule has 13 heavy (non-hydrogen) atoms. The van der Waals surface area contributed by atoms with E-state index in [9.17, 15) is 0 Å². The van der Waals surface area contributed by atoms with Gasteiger partial charge in [-0.3, -0.25) is 0 Å². The Balaban J connectivity index is 2.32. The molecular formula is C10H12Cl2O. The molecule has 0 saturated heterocycles. The van der Waals surface area contributed by atoms with Crippen LogP contribution in [0.1, 0.15) is 12.8 Å². The standard InChI is InChI=1S/C10H12Cl2O/c11-7-3-4-8-13-10-6-2-1-5-9(10)12/h1-2,5-6H,3-4,7-8H2. The van der Waals surface area contributed by atoms with Crippen LogP contribution >= 0.6 is 23.2 Å². The molecule has 3 heteroatoms. The third-order valence-electron chi connectivity index (χ3n) is 1.62. The highest BCUT2D eigenvalue weighted by molar-refractivity contribution is 6.32. The zero-order valence-corrected chi connectivity index (χ0v) is 8.81. The molecule has 0 fully saturated rings. The molecule has 0 amide bonds. The Labute approximate surface area is 88.6 Å². The molecule has 0 aliphatic heterocycles. The molecule has 0 radical (unpaired) electrons. The molecule has 0 unspecified atom stereocenters. The van der Waals surface area contributed by atoms with E-state index in [1.54, 1.807) is 0 Å². The highest BCUT2D eigenvalue weighted by atomic mass is 35.5. The number of unbranched alkanes of at least 4 members (excludes halogenated alkanes) is 1. The first kappa shape index (κ1) is 10.7. The smallest absolute Gasteiger partial charge is 0.137 e. The van der Waals surface area contributed by atoms with Crippen LogP contribution < -0.4 is 4.74 Å². The van der Waals surface area contributed by atoms with Crippen molar-refractivity contribution < 1.29 is 4.74 Å². The largest absolute Gasteiger partial charge is 0.492 e. The first-order chi connectivity index (χ1) is 6.34. The number of halogens is 2. The number of hydrogen-bond acceptors (Lipinski definition) is 1. The van der Waals surface area contributed by atoms with E-state index in [-0.39, 0.29) is 0 Å². The molecule has 0 saturated carbocycles. The fourth-order valence-electron chi connectivity index (χ4n) is 0.940. The van der Waals surface area contributed by atoms with Crippen molar-refractivity contribution >= 4 is 23.2 Å². The summed E-state index contributed by atoms with van der Waals surface area (Å²) >= 11 is 11.4. The van der Waals surface area contributed by atoms with Gasteiger partial charge < -0.3 is 4.74 Å². The van der Waals surface area contributed by atoms with Crippen LogP contribution in [0.25, 0.3) is 0 Å². The van der Waals surface area contributed by atoms with Gasteiger partial charge in [0.25, 0.3) is 0 Å². The van der Waals surface area contributed by atoms with Gasteiger partial charge in [0.15, 0.2) is 0 Å². The van der Waals surface area contributed by atoms with Crippen LogP contribution in [0.5, 0.6) is 5.75 Å². The van der Waals surface area contributed by atoms with Gasteiger partial charge in [-0.05, 0) is 25.0 Å². The first-order valence-corrected chi connectivity index (χ1v) is 5.19. The van der Waals surface area contributed by atoms with Crippen LogP contribution in [0.4, 0.5) is 0 Å². The molecule has 0 aromatic heterocycles. The molecule has 0 heterocycles. The summed E-state index contributed by atoms with van der Waals surface area (Å²) in [4.78, 5) is 0. The highest BCUT2D eigenvalue weighted by Gasteiger charge is 1.98. The molecule has 1 nitrogen and oxygen atoms in total. The van der Waals surface area contributed by atoms with E-state index in [1.165, 1.54) is 0 Å². The van der Waals surface area contributed by atoms with Crippen LogP contribution in [0, 0.1) is 0 Å². The zero-order valence-electron chi connectivity index (χ0n) is 7.30. The number of hydrogen-bond donors (Lipinski definition) is 0. The molecule has 72 valence electrons. The predicted octanol–water partition coefficient (Wildman–Crippen LogP) is 3.74. The quantitative estimate of drug-likeness (QED) is 0.541. The van der Waals surface area contributed by atoms with E-state index in [2.05, 4.69) is 0 Å². The summed E-state index contributed by atoms with van der Waals surface area (Å²) in [6.45, 7) is 0.677. The van der Waals surface area contributed by atoms with Crippen molar-refractivity contribution in [3.05, 3.63) is 29.3 Å². The summed E-state index contributed by atoms with van der Waals surface area (Å²) in [6, 6.07) is 7.47. The zero-order chi connectivity index (χ0) is 9.52. The molecule has 0 N–H and O–H groups in total. The van der Waals surface area contributed by atoms with Gasteiger partial charge in [0.2, 0.25) is 0 Å². The molecular weight excluding hydrogens is 207 g/mol. The lowest BCUT2D eigenvalue weighted by atomic mass is 10.3. The van der Waals surface area contributed by atoms with Crippen LogP contribution in [-0.2, 0) is 0 Å². The predicted molar refractivity (Wildman–Crippen MR) is 56.9 cm³/mol. The van der Waals surface area contributed by atoms with Crippen molar-refractivity contribution in [1.29, 1.82) is 0 Å². The van der Waals surface area contributed by atoms with Gasteiger partial charge in [-0.2, -0.15) is 0 Å². The van der Waals surface area contributed by atoms with Gasteiger partial charge in [0.05, 0.1) is 11.6 Å². The minimum absolute atomic E-state index is 0.661. The summed E-state index contributed by atoms with van der Waals surface area (Å²) in [5.74, 6) is 1.44. The topological polar surface area (TPSA) is 9.23 Å². The van der Waals surface area contributed by atoms with Gasteiger partial charge in [-0.1, -0.05) is 23.7 Å². The molecule has 0 spiro atoms. The van der Waals surface area contributed by atoms with Crippen molar-refractivity contribution in [3.63, 3.8) is 0 Å². The molecule has 0 bridgehead atoms. The Kier molecular flexibility index (Phi) is 5.02. The minimum atomic E-state index is 0.661. The molecule has 1 rings (SSSR count). The minimum Gasteiger partial charge on any atom is -0.492 e. The lowest BCUT2D eigenvalue weighted by Crippen LogP contribution is -1.97. The fourth-order valence-corrected chi connectivity index (χ4v) is 1.32.